The van der Waals surface area contributed by atoms with E-state index in [0.717, 1.165) is 36.4 Å². The van der Waals surface area contributed by atoms with Crippen LogP contribution >= 0.6 is 0 Å². The maximum absolute atomic E-state index is 14.4. The first-order chi connectivity index (χ1) is 31.6. The van der Waals surface area contributed by atoms with E-state index in [9.17, 15) is 68.8 Å². The molecule has 4 bridgehead atoms. The van der Waals surface area contributed by atoms with Crippen LogP contribution in [0.2, 0.25) is 0 Å². The number of hydrogen-bond donors (Lipinski definition) is 8. The lowest BCUT2D eigenvalue weighted by atomic mass is 9.89. The van der Waals surface area contributed by atoms with Gasteiger partial charge in [0, 0.05) is 49.9 Å². The number of hydrogen-bond acceptors (Lipinski definition) is 14. The van der Waals surface area contributed by atoms with Crippen molar-refractivity contribution < 1.29 is 49.6 Å². The molecule has 6 amide bonds. The van der Waals surface area contributed by atoms with Crippen molar-refractivity contribution in [2.45, 2.75) is 78.7 Å². The summed E-state index contributed by atoms with van der Waals surface area (Å²) in [5, 5.41) is 52.2. The second-order valence-corrected chi connectivity index (χ2v) is 16.3. The lowest BCUT2D eigenvalue weighted by Gasteiger charge is -2.42. The third-order valence-corrected chi connectivity index (χ3v) is 11.9. The highest BCUT2D eigenvalue weighted by Gasteiger charge is 2.37. The Morgan fingerprint density at radius 1 is 0.552 bits per heavy atom. The molecule has 0 saturated heterocycles. The van der Waals surface area contributed by atoms with Crippen molar-refractivity contribution in [2.24, 2.45) is 11.8 Å². The van der Waals surface area contributed by atoms with Crippen molar-refractivity contribution in [3.8, 4) is 0 Å². The largest absolute Gasteiger partial charge is 0.425 e. The Kier molecular flexibility index (Phi) is 15.4. The smallest absolute Gasteiger partial charge is 0.296 e. The summed E-state index contributed by atoms with van der Waals surface area (Å²) in [7, 11) is 0. The van der Waals surface area contributed by atoms with Crippen LogP contribution in [0.4, 0.5) is 0 Å². The topological polar surface area (TPSA) is 326 Å². The number of rotatable bonds is 2. The molecule has 67 heavy (non-hydrogen) atoms. The van der Waals surface area contributed by atoms with E-state index in [0.29, 0.717) is 0 Å². The van der Waals surface area contributed by atoms with Gasteiger partial charge in [0.25, 0.3) is 57.7 Å². The first-order valence-electron chi connectivity index (χ1n) is 21.1. The maximum Gasteiger partial charge on any atom is 0.296 e. The van der Waals surface area contributed by atoms with Gasteiger partial charge in [0.2, 0.25) is 0 Å². The van der Waals surface area contributed by atoms with E-state index < -0.39 is 116 Å². The van der Waals surface area contributed by atoms with Gasteiger partial charge in [-0.15, -0.1) is 18.9 Å². The summed E-state index contributed by atoms with van der Waals surface area (Å²) >= 11 is 0. The van der Waals surface area contributed by atoms with Gasteiger partial charge in [-0.2, -0.15) is 0 Å². The van der Waals surface area contributed by atoms with Crippen molar-refractivity contribution in [1.29, 1.82) is 0 Å². The Morgan fingerprint density at radius 3 is 1.57 bits per heavy atom. The van der Waals surface area contributed by atoms with Gasteiger partial charge in [-0.25, -0.2) is 0 Å². The molecule has 0 spiro atoms. The van der Waals surface area contributed by atoms with Gasteiger partial charge in [-0.1, -0.05) is 26.0 Å². The summed E-state index contributed by atoms with van der Waals surface area (Å²) < 4.78 is 0.229. The van der Waals surface area contributed by atoms with Gasteiger partial charge in [0.1, 0.15) is 33.9 Å². The number of fused-ring (bicyclic) bond motifs is 2. The average molecular weight is 933 g/mol. The van der Waals surface area contributed by atoms with Crippen LogP contribution < -0.4 is 43.5 Å². The lowest BCUT2D eigenvalue weighted by Crippen LogP contribution is -2.54. The van der Waals surface area contributed by atoms with Gasteiger partial charge >= 0.3 is 0 Å². The molecule has 7 rings (SSSR count). The normalized spacial score (nSPS) is 21.8. The molecule has 0 saturated carbocycles. The van der Waals surface area contributed by atoms with Crippen LogP contribution in [-0.4, -0.2) is 129 Å². The third kappa shape index (κ3) is 10.7. The fourth-order valence-corrected chi connectivity index (χ4v) is 7.49. The number of nitrogens with one attached hydrogen (secondary N) is 4. The van der Waals surface area contributed by atoms with Crippen molar-refractivity contribution in [1.82, 2.24) is 50.0 Å². The minimum atomic E-state index is -1.29. The predicted octanol–water partition coefficient (Wildman–Crippen LogP) is -0.236. The van der Waals surface area contributed by atoms with E-state index in [2.05, 4.69) is 21.3 Å². The summed E-state index contributed by atoms with van der Waals surface area (Å²) in [6, 6.07) is 8.67. The van der Waals surface area contributed by atoms with Crippen LogP contribution in [0.1, 0.15) is 117 Å². The number of aromatic nitrogens is 4. The molecule has 3 aliphatic rings. The molecule has 6 unspecified atom stereocenters. The molecule has 6 atom stereocenters. The number of carbonyl (C=O) groups excluding carboxylic acids is 6. The second-order valence-electron chi connectivity index (χ2n) is 16.3. The molecule has 0 radical (unpaired) electrons. The van der Waals surface area contributed by atoms with Crippen LogP contribution in [-0.2, 0) is 0 Å². The maximum atomic E-state index is 14.4. The SMILES string of the molecule is CC1NC(=O)c2ccc(c(=O)n2O)C(=O)NCCCN(C(=O)c2cccc(=O)n2O)CCC(C)C(C)N(C(=O)c2cccc(=O)n2O)C(C)C(C)C(C)NC(=O)c2ccc(n(O)c2=O)C(=O)N1. The van der Waals surface area contributed by atoms with Gasteiger partial charge < -0.3 is 51.9 Å². The number of amides is 6. The predicted molar refractivity (Wildman–Crippen MR) is 234 cm³/mol. The monoisotopic (exact) mass is 932 g/mol. The highest BCUT2D eigenvalue weighted by Crippen LogP contribution is 2.26. The zero-order chi connectivity index (χ0) is 49.6. The highest BCUT2D eigenvalue weighted by atomic mass is 16.5. The van der Waals surface area contributed by atoms with E-state index in [4.69, 9.17) is 0 Å². The van der Waals surface area contributed by atoms with Crippen molar-refractivity contribution >= 4 is 35.4 Å². The zero-order valence-corrected chi connectivity index (χ0v) is 37.3. The number of pyridine rings is 4. The van der Waals surface area contributed by atoms with Crippen LogP contribution in [0, 0.1) is 11.8 Å². The summed E-state index contributed by atoms with van der Waals surface area (Å²) in [5.74, 6) is -6.77. The second kappa shape index (κ2) is 20.8. The van der Waals surface area contributed by atoms with E-state index in [1.807, 2.05) is 0 Å². The molecule has 4 aromatic rings. The van der Waals surface area contributed by atoms with Gasteiger partial charge in [0.15, 0.2) is 0 Å². The molecule has 8 N–H and O–H groups in total. The minimum Gasteiger partial charge on any atom is -0.425 e. The third-order valence-electron chi connectivity index (χ3n) is 11.9. The van der Waals surface area contributed by atoms with Gasteiger partial charge in [-0.3, -0.25) is 47.9 Å². The molecule has 3 aliphatic heterocycles. The van der Waals surface area contributed by atoms with E-state index in [1.54, 1.807) is 34.6 Å². The average Bonchev–Trinajstić information content (AvgIpc) is 3.28. The molecule has 0 fully saturated rings. The Hall–Kier alpha value is -8.18. The van der Waals surface area contributed by atoms with E-state index in [1.165, 1.54) is 41.0 Å². The van der Waals surface area contributed by atoms with Gasteiger partial charge in [-0.05, 0) is 88.8 Å². The van der Waals surface area contributed by atoms with E-state index >= 15 is 0 Å². The zero-order valence-electron chi connectivity index (χ0n) is 37.3. The van der Waals surface area contributed by atoms with Crippen molar-refractivity contribution in [2.75, 3.05) is 19.6 Å². The summed E-state index contributed by atoms with van der Waals surface area (Å²) in [6.07, 6.45) is -1.05. The first kappa shape index (κ1) is 49.8. The lowest BCUT2D eigenvalue weighted by molar-refractivity contribution is 0.0357. The van der Waals surface area contributed by atoms with Crippen LogP contribution in [0.15, 0.2) is 79.8 Å². The van der Waals surface area contributed by atoms with Crippen LogP contribution in [0.3, 0.4) is 0 Å². The number of nitrogens with zero attached hydrogens (tertiary/aromatic N) is 6. The summed E-state index contributed by atoms with van der Waals surface area (Å²) in [6.45, 7) is 9.43. The summed E-state index contributed by atoms with van der Waals surface area (Å²) in [5.41, 5.74) is -7.54. The Bertz CT molecular complexity index is 2830. The molecule has 24 heteroatoms. The molecule has 358 valence electrons. The quantitative estimate of drug-likeness (QED) is 0.120. The molecular weight excluding hydrogens is 881 g/mol. The van der Waals surface area contributed by atoms with Crippen molar-refractivity contribution in [3.63, 3.8) is 0 Å². The standard InChI is InChI=1S/C43H52N10O14/c1-22-18-21-48(42(62)32-10-7-12-34(54)50(32)64)20-9-19-44-36(56)28-14-16-30(52(66)40(28)60)38(58)46-27(6)47-39(59)31-17-15-29(41(61)53(31)67)37(57)45-24(3)23(2)26(5)49(25(22)4)43(63)33-11-8-13-35(55)51(33)65/h7-8,10-17,22-27,64-67H,9,18-21H2,1-6H3,(H,44,56)(H,45,57)(H,46,58)(H,47,59). The Morgan fingerprint density at radius 2 is 1.04 bits per heavy atom. The van der Waals surface area contributed by atoms with Crippen LogP contribution in [0.5, 0.6) is 0 Å². The fourth-order valence-electron chi connectivity index (χ4n) is 7.49. The summed E-state index contributed by atoms with van der Waals surface area (Å²) in [4.78, 5) is 135. The highest BCUT2D eigenvalue weighted by molar-refractivity contribution is 5.98. The van der Waals surface area contributed by atoms with E-state index in [-0.39, 0.29) is 62.8 Å². The molecule has 24 nitrogen and oxygen atoms in total. The first-order valence-corrected chi connectivity index (χ1v) is 21.1. The fraction of sp³-hybridized carbons (Fsp3) is 0.395. The Labute approximate surface area is 380 Å². The van der Waals surface area contributed by atoms with Crippen molar-refractivity contribution in [3.05, 3.63) is 136 Å². The number of carbonyl (C=O) groups is 6. The van der Waals surface area contributed by atoms with Gasteiger partial charge in [0.05, 0.1) is 6.17 Å². The van der Waals surface area contributed by atoms with Crippen LogP contribution in [0.25, 0.3) is 0 Å². The molecule has 7 heterocycles. The Balaban J connectivity index is 1.54. The molecule has 0 aliphatic carbocycles. The molecule has 0 aromatic carbocycles. The molecular formula is C43H52N10O14. The minimum absolute atomic E-state index is 0.0461. The molecule has 4 aromatic heterocycles.